The van der Waals surface area contributed by atoms with E-state index < -0.39 is 0 Å². The van der Waals surface area contributed by atoms with E-state index in [1.165, 1.54) is 32.4 Å². The van der Waals surface area contributed by atoms with Crippen LogP contribution in [0.25, 0.3) is 0 Å². The number of hydrogen-bond acceptors (Lipinski definition) is 3. The highest BCUT2D eigenvalue weighted by Crippen LogP contribution is 2.19. The molecule has 0 spiro atoms. The second-order valence-electron chi connectivity index (χ2n) is 7.34. The van der Waals surface area contributed by atoms with Crippen molar-refractivity contribution in [1.82, 2.24) is 20.9 Å². The molecule has 1 fully saturated rings. The van der Waals surface area contributed by atoms with Crippen LogP contribution in [0.3, 0.4) is 0 Å². The van der Waals surface area contributed by atoms with Gasteiger partial charge in [0.05, 0.1) is 0 Å². The molecule has 0 aromatic carbocycles. The van der Waals surface area contributed by atoms with Crippen LogP contribution in [-0.2, 0) is 4.79 Å². The van der Waals surface area contributed by atoms with Gasteiger partial charge in [0.25, 0.3) is 0 Å². The molecule has 24 heavy (non-hydrogen) atoms. The van der Waals surface area contributed by atoms with Crippen molar-refractivity contribution in [2.45, 2.75) is 71.4 Å². The first-order valence-electron chi connectivity index (χ1n) is 9.38. The van der Waals surface area contributed by atoms with Crippen molar-refractivity contribution in [1.29, 1.82) is 0 Å². The van der Waals surface area contributed by atoms with Crippen LogP contribution >= 0.6 is 0 Å². The first-order chi connectivity index (χ1) is 11.4. The van der Waals surface area contributed by atoms with Crippen LogP contribution < -0.4 is 16.0 Å². The average Bonchev–Trinajstić information content (AvgIpc) is 2.58. The predicted molar refractivity (Wildman–Crippen MR) is 101 cm³/mol. The fourth-order valence-corrected chi connectivity index (χ4v) is 2.88. The van der Waals surface area contributed by atoms with E-state index in [0.717, 1.165) is 18.9 Å². The summed E-state index contributed by atoms with van der Waals surface area (Å²) < 4.78 is 0. The fourth-order valence-electron chi connectivity index (χ4n) is 2.88. The van der Waals surface area contributed by atoms with Crippen molar-refractivity contribution in [3.8, 4) is 0 Å². The van der Waals surface area contributed by atoms with E-state index in [-0.39, 0.29) is 17.5 Å². The Morgan fingerprint density at radius 2 is 1.88 bits per heavy atom. The number of amides is 1. The Bertz CT molecular complexity index is 402. The van der Waals surface area contributed by atoms with E-state index in [9.17, 15) is 4.79 Å². The van der Waals surface area contributed by atoms with Gasteiger partial charge in [0, 0.05) is 38.1 Å². The van der Waals surface area contributed by atoms with Gasteiger partial charge >= 0.3 is 0 Å². The van der Waals surface area contributed by atoms with Gasteiger partial charge in [-0.3, -0.25) is 14.7 Å². The van der Waals surface area contributed by atoms with Crippen LogP contribution in [0.15, 0.2) is 4.99 Å². The quantitative estimate of drug-likeness (QED) is 0.465. The molecule has 0 aromatic heterocycles. The lowest BCUT2D eigenvalue weighted by Crippen LogP contribution is -2.55. The van der Waals surface area contributed by atoms with Gasteiger partial charge in [-0.1, -0.05) is 13.3 Å². The standard InChI is InChI=1S/C18H37N5O/c1-6-15(2)22-16(24)10-11-20-17(19-5)21-14-18(3,4)23-12-8-7-9-13-23/h15H,6-14H2,1-5H3,(H,22,24)(H2,19,20,21). The third kappa shape index (κ3) is 7.51. The van der Waals surface area contributed by atoms with Crippen molar-refractivity contribution < 1.29 is 4.79 Å². The number of rotatable bonds is 8. The van der Waals surface area contributed by atoms with Crippen molar-refractivity contribution in [3.63, 3.8) is 0 Å². The number of aliphatic imine (C=N–C) groups is 1. The number of carbonyl (C=O) groups excluding carboxylic acids is 1. The first-order valence-corrected chi connectivity index (χ1v) is 9.38. The van der Waals surface area contributed by atoms with E-state index in [4.69, 9.17) is 0 Å². The summed E-state index contributed by atoms with van der Waals surface area (Å²) in [5.41, 5.74) is 0.103. The minimum Gasteiger partial charge on any atom is -0.356 e. The zero-order chi connectivity index (χ0) is 18.0. The van der Waals surface area contributed by atoms with Crippen molar-refractivity contribution in [3.05, 3.63) is 0 Å². The fraction of sp³-hybridized carbons (Fsp3) is 0.889. The molecule has 6 heteroatoms. The third-order valence-corrected chi connectivity index (χ3v) is 4.79. The Labute approximate surface area is 147 Å². The van der Waals surface area contributed by atoms with Crippen molar-refractivity contribution in [2.24, 2.45) is 4.99 Å². The molecule has 3 N–H and O–H groups in total. The van der Waals surface area contributed by atoms with Crippen LogP contribution in [0.2, 0.25) is 0 Å². The highest BCUT2D eigenvalue weighted by atomic mass is 16.1. The van der Waals surface area contributed by atoms with Crippen LogP contribution in [0, 0.1) is 0 Å². The summed E-state index contributed by atoms with van der Waals surface area (Å²) in [6.45, 7) is 12.4. The molecule has 1 rings (SSSR count). The molecule has 0 aromatic rings. The van der Waals surface area contributed by atoms with Gasteiger partial charge in [-0.25, -0.2) is 0 Å². The van der Waals surface area contributed by atoms with E-state index in [0.29, 0.717) is 13.0 Å². The molecular weight excluding hydrogens is 302 g/mol. The molecule has 1 atom stereocenters. The SMILES string of the molecule is CCC(C)NC(=O)CCNC(=NC)NCC(C)(C)N1CCCCC1. The van der Waals surface area contributed by atoms with Crippen LogP contribution in [0.1, 0.15) is 59.8 Å². The molecule has 1 unspecified atom stereocenters. The number of guanidine groups is 1. The van der Waals surface area contributed by atoms with Gasteiger partial charge in [0.2, 0.25) is 5.91 Å². The predicted octanol–water partition coefficient (Wildman–Crippen LogP) is 1.72. The maximum absolute atomic E-state index is 11.8. The molecule has 0 bridgehead atoms. The van der Waals surface area contributed by atoms with Crippen LogP contribution in [0.5, 0.6) is 0 Å². The summed E-state index contributed by atoms with van der Waals surface area (Å²) in [7, 11) is 1.77. The second kappa shape index (κ2) is 10.5. The number of hydrogen-bond donors (Lipinski definition) is 3. The van der Waals surface area contributed by atoms with E-state index in [1.807, 2.05) is 6.92 Å². The highest BCUT2D eigenvalue weighted by molar-refractivity contribution is 5.81. The van der Waals surface area contributed by atoms with Gasteiger partial charge in [-0.2, -0.15) is 0 Å². The van der Waals surface area contributed by atoms with E-state index >= 15 is 0 Å². The summed E-state index contributed by atoms with van der Waals surface area (Å²) in [4.78, 5) is 18.6. The maximum atomic E-state index is 11.8. The van der Waals surface area contributed by atoms with E-state index in [1.54, 1.807) is 7.05 Å². The maximum Gasteiger partial charge on any atom is 0.221 e. The molecule has 0 aliphatic carbocycles. The zero-order valence-corrected chi connectivity index (χ0v) is 16.2. The summed E-state index contributed by atoms with van der Waals surface area (Å²) in [5.74, 6) is 0.845. The summed E-state index contributed by atoms with van der Waals surface area (Å²) in [6.07, 6.45) is 5.35. The zero-order valence-electron chi connectivity index (χ0n) is 16.2. The molecule has 1 amide bonds. The number of nitrogens with zero attached hydrogens (tertiary/aromatic N) is 2. The van der Waals surface area contributed by atoms with Crippen molar-refractivity contribution >= 4 is 11.9 Å². The van der Waals surface area contributed by atoms with Gasteiger partial charge < -0.3 is 16.0 Å². The molecule has 0 saturated carbocycles. The lowest BCUT2D eigenvalue weighted by Gasteiger charge is -2.41. The normalized spacial score (nSPS) is 18.1. The summed E-state index contributed by atoms with van der Waals surface area (Å²) >= 11 is 0. The van der Waals surface area contributed by atoms with Gasteiger partial charge in [0.15, 0.2) is 5.96 Å². The average molecular weight is 340 g/mol. The topological polar surface area (TPSA) is 68.8 Å². The smallest absolute Gasteiger partial charge is 0.221 e. The monoisotopic (exact) mass is 339 g/mol. The second-order valence-corrected chi connectivity index (χ2v) is 7.34. The van der Waals surface area contributed by atoms with Gasteiger partial charge in [-0.15, -0.1) is 0 Å². The van der Waals surface area contributed by atoms with Gasteiger partial charge in [-0.05, 0) is 53.1 Å². The highest BCUT2D eigenvalue weighted by Gasteiger charge is 2.27. The third-order valence-electron chi connectivity index (χ3n) is 4.79. The van der Waals surface area contributed by atoms with Gasteiger partial charge in [0.1, 0.15) is 0 Å². The number of likely N-dealkylation sites (tertiary alicyclic amines) is 1. The molecule has 140 valence electrons. The molecule has 1 aliphatic heterocycles. The molecule has 6 nitrogen and oxygen atoms in total. The van der Waals surface area contributed by atoms with Crippen LogP contribution in [0.4, 0.5) is 0 Å². The number of carbonyl (C=O) groups is 1. The molecular formula is C18H37N5O. The Morgan fingerprint density at radius 3 is 2.46 bits per heavy atom. The largest absolute Gasteiger partial charge is 0.356 e. The molecule has 1 aliphatic rings. The Balaban J connectivity index is 2.30. The molecule has 1 heterocycles. The molecule has 1 saturated heterocycles. The Hall–Kier alpha value is -1.30. The first kappa shape index (κ1) is 20.7. The van der Waals surface area contributed by atoms with Crippen LogP contribution in [-0.4, -0.2) is 61.6 Å². The minimum absolute atomic E-state index is 0.0842. The summed E-state index contributed by atoms with van der Waals surface area (Å²) in [5, 5.41) is 9.60. The van der Waals surface area contributed by atoms with Crippen molar-refractivity contribution in [2.75, 3.05) is 33.2 Å². The Morgan fingerprint density at radius 1 is 1.21 bits per heavy atom. The lowest BCUT2D eigenvalue weighted by molar-refractivity contribution is -0.121. The minimum atomic E-state index is 0.0842. The lowest BCUT2D eigenvalue weighted by atomic mass is 9.98. The number of nitrogens with one attached hydrogen (secondary N) is 3. The van der Waals surface area contributed by atoms with E-state index in [2.05, 4.69) is 46.6 Å². The summed E-state index contributed by atoms with van der Waals surface area (Å²) in [6, 6.07) is 0.236. The number of piperidine rings is 1. The Kier molecular flexibility index (Phi) is 9.11. The molecule has 0 radical (unpaired) electrons.